The summed E-state index contributed by atoms with van der Waals surface area (Å²) in [4.78, 5) is 25.6. The van der Waals surface area contributed by atoms with Gasteiger partial charge in [-0.05, 0) is 30.3 Å². The number of rotatable bonds is 6. The van der Waals surface area contributed by atoms with Gasteiger partial charge >= 0.3 is 0 Å². The number of hydrogen-bond donors (Lipinski definition) is 3. The molecular formula is C24H22ClN5O3. The molecule has 1 aromatic carbocycles. The van der Waals surface area contributed by atoms with Crippen molar-refractivity contribution < 1.29 is 14.3 Å². The van der Waals surface area contributed by atoms with Crippen LogP contribution >= 0.6 is 11.6 Å². The monoisotopic (exact) mass is 463 g/mol. The first kappa shape index (κ1) is 21.2. The minimum atomic E-state index is -0.145. The summed E-state index contributed by atoms with van der Waals surface area (Å²) in [6.45, 7) is 0.956. The van der Waals surface area contributed by atoms with Crippen molar-refractivity contribution in [1.82, 2.24) is 20.3 Å². The molecule has 0 radical (unpaired) electrons. The molecule has 168 valence electrons. The van der Waals surface area contributed by atoms with Crippen LogP contribution in [-0.2, 0) is 17.8 Å². The van der Waals surface area contributed by atoms with E-state index in [1.807, 2.05) is 30.3 Å². The van der Waals surface area contributed by atoms with Crippen molar-refractivity contribution >= 4 is 39.9 Å². The molecule has 1 amide bonds. The topological polar surface area (TPSA) is 101 Å². The van der Waals surface area contributed by atoms with Gasteiger partial charge in [0.15, 0.2) is 5.75 Å². The van der Waals surface area contributed by atoms with E-state index in [0.717, 1.165) is 28.2 Å². The molecule has 0 bridgehead atoms. The normalized spacial score (nSPS) is 13.0. The molecule has 0 aliphatic carbocycles. The van der Waals surface area contributed by atoms with Crippen molar-refractivity contribution in [3.63, 3.8) is 0 Å². The molecule has 0 unspecified atom stereocenters. The number of para-hydroxylation sites is 1. The van der Waals surface area contributed by atoms with Crippen LogP contribution in [0.2, 0.25) is 5.02 Å². The number of amides is 1. The quantitative estimate of drug-likeness (QED) is 0.390. The number of anilines is 2. The molecule has 8 nitrogen and oxygen atoms in total. The third kappa shape index (κ3) is 3.77. The van der Waals surface area contributed by atoms with Crippen molar-refractivity contribution in [3.8, 4) is 17.0 Å². The predicted molar refractivity (Wildman–Crippen MR) is 127 cm³/mol. The standard InChI is InChI=1S/C24H22ClN5O3/c1-32-12-13-6-7-17-20(28-13)14(8-10-26-17)21-22(19-16(29-21)9-11-27-24(19)31)30-18-5-3-4-15(25)23(18)33-2/h3-8,10,29-30H,9,11-12H2,1-2H3,(H,27,31). The van der Waals surface area contributed by atoms with Gasteiger partial charge in [0.2, 0.25) is 0 Å². The Kier molecular flexibility index (Phi) is 5.62. The summed E-state index contributed by atoms with van der Waals surface area (Å²) < 4.78 is 10.8. The molecule has 0 fully saturated rings. The number of halogens is 1. The number of hydrogen-bond acceptors (Lipinski definition) is 6. The molecule has 0 saturated heterocycles. The number of aromatic amines is 1. The Morgan fingerprint density at radius 2 is 2.06 bits per heavy atom. The van der Waals surface area contributed by atoms with Gasteiger partial charge < -0.3 is 25.1 Å². The number of carbonyl (C=O) groups excluding carboxylic acids is 1. The van der Waals surface area contributed by atoms with Gasteiger partial charge in [0.25, 0.3) is 5.91 Å². The van der Waals surface area contributed by atoms with Crippen LogP contribution in [0.15, 0.2) is 42.6 Å². The zero-order chi connectivity index (χ0) is 22.9. The Hall–Kier alpha value is -3.62. The number of methoxy groups -OCH3 is 2. The van der Waals surface area contributed by atoms with E-state index in [1.165, 1.54) is 0 Å². The van der Waals surface area contributed by atoms with Gasteiger partial charge in [0, 0.05) is 37.5 Å². The largest absolute Gasteiger partial charge is 0.493 e. The van der Waals surface area contributed by atoms with Crippen LogP contribution in [-0.4, -0.2) is 41.6 Å². The molecule has 3 aromatic heterocycles. The highest BCUT2D eigenvalue weighted by atomic mass is 35.5. The Balaban J connectivity index is 1.74. The zero-order valence-electron chi connectivity index (χ0n) is 18.2. The lowest BCUT2D eigenvalue weighted by Crippen LogP contribution is -2.31. The maximum absolute atomic E-state index is 12.9. The molecule has 4 aromatic rings. The van der Waals surface area contributed by atoms with E-state index in [0.29, 0.717) is 52.8 Å². The highest BCUT2D eigenvalue weighted by molar-refractivity contribution is 6.32. The van der Waals surface area contributed by atoms with Crippen molar-refractivity contribution in [3.05, 3.63) is 64.6 Å². The van der Waals surface area contributed by atoms with Gasteiger partial charge in [-0.25, -0.2) is 4.98 Å². The fourth-order valence-corrected chi connectivity index (χ4v) is 4.40. The summed E-state index contributed by atoms with van der Waals surface area (Å²) in [5.41, 5.74) is 6.53. The second-order valence-electron chi connectivity index (χ2n) is 7.64. The number of H-pyrrole nitrogens is 1. The molecule has 33 heavy (non-hydrogen) atoms. The second-order valence-corrected chi connectivity index (χ2v) is 8.05. The first-order valence-corrected chi connectivity index (χ1v) is 10.8. The highest BCUT2D eigenvalue weighted by Crippen LogP contribution is 2.41. The van der Waals surface area contributed by atoms with E-state index in [9.17, 15) is 4.79 Å². The van der Waals surface area contributed by atoms with Gasteiger partial charge in [0.05, 0.1) is 58.1 Å². The summed E-state index contributed by atoms with van der Waals surface area (Å²) >= 11 is 6.34. The zero-order valence-corrected chi connectivity index (χ0v) is 18.9. The first-order valence-electron chi connectivity index (χ1n) is 10.5. The lowest BCUT2D eigenvalue weighted by Gasteiger charge is -2.17. The molecule has 4 heterocycles. The van der Waals surface area contributed by atoms with Crippen LogP contribution in [0, 0.1) is 0 Å². The molecule has 3 N–H and O–H groups in total. The third-order valence-corrected chi connectivity index (χ3v) is 5.90. The second kappa shape index (κ2) is 8.73. The number of fused-ring (bicyclic) bond motifs is 2. The molecule has 1 aliphatic heterocycles. The molecule has 0 atom stereocenters. The number of nitrogens with zero attached hydrogens (tertiary/aromatic N) is 2. The Morgan fingerprint density at radius 3 is 2.88 bits per heavy atom. The van der Waals surface area contributed by atoms with E-state index >= 15 is 0 Å². The minimum absolute atomic E-state index is 0.145. The molecule has 5 rings (SSSR count). The SMILES string of the molecule is COCc1ccc2nccc(-c3[nH]c4c(c3Nc3cccc(Cl)c3OC)C(=O)NCC4)c2n1. The van der Waals surface area contributed by atoms with Crippen molar-refractivity contribution in [2.75, 3.05) is 26.1 Å². The fourth-order valence-electron chi connectivity index (χ4n) is 4.15. The maximum atomic E-state index is 12.9. The molecule has 1 aliphatic rings. The minimum Gasteiger partial charge on any atom is -0.493 e. The summed E-state index contributed by atoms with van der Waals surface area (Å²) in [5.74, 6) is 0.352. The number of aromatic nitrogens is 3. The van der Waals surface area contributed by atoms with Crippen LogP contribution in [0.4, 0.5) is 11.4 Å². The number of carbonyl (C=O) groups is 1. The first-order chi connectivity index (χ1) is 16.1. The summed E-state index contributed by atoms with van der Waals surface area (Å²) in [7, 11) is 3.19. The molecule has 0 saturated carbocycles. The van der Waals surface area contributed by atoms with Crippen molar-refractivity contribution in [1.29, 1.82) is 0 Å². The van der Waals surface area contributed by atoms with E-state index in [1.54, 1.807) is 26.5 Å². The van der Waals surface area contributed by atoms with Gasteiger partial charge in [-0.15, -0.1) is 0 Å². The number of ether oxygens (including phenoxy) is 2. The maximum Gasteiger partial charge on any atom is 0.255 e. The van der Waals surface area contributed by atoms with Crippen LogP contribution in [0.25, 0.3) is 22.3 Å². The number of nitrogens with one attached hydrogen (secondary N) is 3. The Bertz CT molecular complexity index is 1370. The highest BCUT2D eigenvalue weighted by Gasteiger charge is 2.28. The van der Waals surface area contributed by atoms with Crippen LogP contribution < -0.4 is 15.4 Å². The lowest BCUT2D eigenvalue weighted by atomic mass is 10.0. The van der Waals surface area contributed by atoms with Gasteiger partial charge in [-0.1, -0.05) is 17.7 Å². The van der Waals surface area contributed by atoms with Crippen LogP contribution in [0.1, 0.15) is 21.7 Å². The average molecular weight is 464 g/mol. The number of benzene rings is 1. The summed E-state index contributed by atoms with van der Waals surface area (Å²) in [6.07, 6.45) is 2.42. The third-order valence-electron chi connectivity index (χ3n) is 5.60. The van der Waals surface area contributed by atoms with Crippen LogP contribution in [0.3, 0.4) is 0 Å². The Morgan fingerprint density at radius 1 is 1.18 bits per heavy atom. The Labute approximate surface area is 195 Å². The van der Waals surface area contributed by atoms with E-state index < -0.39 is 0 Å². The van der Waals surface area contributed by atoms with Crippen molar-refractivity contribution in [2.24, 2.45) is 0 Å². The lowest BCUT2D eigenvalue weighted by molar-refractivity contribution is 0.0947. The van der Waals surface area contributed by atoms with E-state index in [-0.39, 0.29) is 5.91 Å². The predicted octanol–water partition coefficient (Wildman–Crippen LogP) is 4.46. The molecular weight excluding hydrogens is 442 g/mol. The average Bonchev–Trinajstić information content (AvgIpc) is 3.18. The van der Waals surface area contributed by atoms with Crippen LogP contribution in [0.5, 0.6) is 5.75 Å². The summed E-state index contributed by atoms with van der Waals surface area (Å²) in [5, 5.41) is 6.80. The smallest absolute Gasteiger partial charge is 0.255 e. The fraction of sp³-hybridized carbons (Fsp3) is 0.208. The molecule has 0 spiro atoms. The number of pyridine rings is 2. The van der Waals surface area contributed by atoms with E-state index in [2.05, 4.69) is 20.6 Å². The van der Waals surface area contributed by atoms with Gasteiger partial charge in [-0.2, -0.15) is 0 Å². The summed E-state index contributed by atoms with van der Waals surface area (Å²) in [6, 6.07) is 11.1. The van der Waals surface area contributed by atoms with Gasteiger partial charge in [-0.3, -0.25) is 9.78 Å². The van der Waals surface area contributed by atoms with E-state index in [4.69, 9.17) is 26.1 Å². The molecule has 9 heteroatoms. The van der Waals surface area contributed by atoms with Gasteiger partial charge in [0.1, 0.15) is 0 Å². The van der Waals surface area contributed by atoms with Crippen molar-refractivity contribution in [2.45, 2.75) is 13.0 Å².